The minimum atomic E-state index is -3.99. The molecule has 58 heavy (non-hydrogen) atoms. The van der Waals surface area contributed by atoms with Gasteiger partial charge in [0.1, 0.15) is 18.3 Å². The summed E-state index contributed by atoms with van der Waals surface area (Å²) in [7, 11) is -3.99. The zero-order valence-electron chi connectivity index (χ0n) is 31.1. The van der Waals surface area contributed by atoms with Gasteiger partial charge in [0.2, 0.25) is 0 Å². The molecule has 10 rings (SSSR count). The van der Waals surface area contributed by atoms with Crippen LogP contribution in [0.25, 0.3) is 0 Å². The van der Waals surface area contributed by atoms with Crippen LogP contribution in [0, 0.1) is 0 Å². The number of carbonyl (C=O) groups excluding carboxylic acids is 2. The molecule has 7 heterocycles. The third-order valence-electron chi connectivity index (χ3n) is 10.7. The number of aliphatic hydroxyl groups excluding tert-OH is 3. The van der Waals surface area contributed by atoms with Crippen molar-refractivity contribution < 1.29 is 52.9 Å². The molecule has 18 heteroatoms. The molecule has 6 aliphatic rings. The number of hydrogen-bond acceptors (Lipinski definition) is 13. The maximum atomic E-state index is 13.0. The Labute approximate surface area is 331 Å². The second kappa shape index (κ2) is 16.4. The van der Waals surface area contributed by atoms with Crippen LogP contribution in [0.4, 0.5) is 0 Å². The summed E-state index contributed by atoms with van der Waals surface area (Å²) in [6.07, 6.45) is -3.85. The Bertz CT molecular complexity index is 2150. The fourth-order valence-corrected chi connectivity index (χ4v) is 13.2. The number of hydrogen-bond donors (Lipinski definition) is 4. The molecule has 306 valence electrons. The third kappa shape index (κ3) is 6.91. The van der Waals surface area contributed by atoms with Gasteiger partial charge in [0, 0.05) is 25.5 Å². The number of aromatic amines is 1. The van der Waals surface area contributed by atoms with Gasteiger partial charge in [-0.05, 0) is 12.8 Å². The predicted octanol–water partition coefficient (Wildman–Crippen LogP) is -0.0549. The van der Waals surface area contributed by atoms with Gasteiger partial charge < -0.3 is 24.8 Å². The first-order valence-corrected chi connectivity index (χ1v) is 21.0. The number of ether oxygens (including phenoxy) is 4. The summed E-state index contributed by atoms with van der Waals surface area (Å²) in [6, 6.07) is 31.1. The number of carbonyl (C=O) groups is 2. The van der Waals surface area contributed by atoms with Crippen LogP contribution in [-0.4, -0.2) is 117 Å². The number of rotatable bonds is 5. The number of amidine groups is 1. The molecule has 3 aromatic carbocycles. The summed E-state index contributed by atoms with van der Waals surface area (Å²) < 4.78 is 37.7. The molecule has 5 saturated heterocycles. The van der Waals surface area contributed by atoms with Crippen molar-refractivity contribution in [3.05, 3.63) is 124 Å². The minimum Gasteiger partial charge on any atom is -0.394 e. The molecule has 0 spiro atoms. The van der Waals surface area contributed by atoms with E-state index in [1.807, 2.05) is 96.0 Å². The second-order valence-electron chi connectivity index (χ2n) is 14.3. The molecular weight excluding hydrogens is 775 g/mol. The number of aromatic nitrogens is 2. The zero-order chi connectivity index (χ0) is 40.5. The van der Waals surface area contributed by atoms with E-state index in [1.54, 1.807) is 0 Å². The van der Waals surface area contributed by atoms with Gasteiger partial charge in [-0.15, -0.1) is 0 Å². The molecule has 4 N–H and O–H groups in total. The summed E-state index contributed by atoms with van der Waals surface area (Å²) in [5.74, 6) is -0.951. The van der Waals surface area contributed by atoms with Crippen molar-refractivity contribution in [3.8, 4) is 0 Å². The van der Waals surface area contributed by atoms with E-state index < -0.39 is 85.8 Å². The Hall–Kier alpha value is -4.94. The number of aliphatic hydroxyl groups is 3. The van der Waals surface area contributed by atoms with E-state index in [0.717, 1.165) is 46.0 Å². The van der Waals surface area contributed by atoms with E-state index in [4.69, 9.17) is 33.1 Å². The van der Waals surface area contributed by atoms with Crippen LogP contribution in [0.15, 0.2) is 118 Å². The summed E-state index contributed by atoms with van der Waals surface area (Å²) in [5, 5.41) is 30.8. The monoisotopic (exact) mass is 818 g/mol. The van der Waals surface area contributed by atoms with Crippen LogP contribution in [0.2, 0.25) is 0 Å². The van der Waals surface area contributed by atoms with Crippen molar-refractivity contribution in [2.45, 2.75) is 68.3 Å². The molecule has 17 nitrogen and oxygen atoms in total. The molecule has 5 fully saturated rings. The Morgan fingerprint density at radius 2 is 1.33 bits per heavy atom. The fourth-order valence-electron chi connectivity index (χ4n) is 7.97. The van der Waals surface area contributed by atoms with Gasteiger partial charge in [-0.25, -0.2) is 4.79 Å². The van der Waals surface area contributed by atoms with Crippen LogP contribution in [0.1, 0.15) is 25.5 Å². The number of amides is 2. The van der Waals surface area contributed by atoms with E-state index in [-0.39, 0.29) is 19.0 Å². The summed E-state index contributed by atoms with van der Waals surface area (Å²) in [4.78, 5) is 54.6. The molecule has 0 saturated carbocycles. The molecule has 0 aliphatic carbocycles. The van der Waals surface area contributed by atoms with Crippen molar-refractivity contribution in [2.24, 2.45) is 4.99 Å². The first-order chi connectivity index (χ1) is 28.1. The smallest absolute Gasteiger partial charge is 0.330 e. The van der Waals surface area contributed by atoms with E-state index >= 15 is 0 Å². The molecule has 6 aliphatic heterocycles. The summed E-state index contributed by atoms with van der Waals surface area (Å²) >= 11 is 0. The number of fused-ring (bicyclic) bond motifs is 7. The first kappa shape index (κ1) is 39.9. The van der Waals surface area contributed by atoms with Crippen molar-refractivity contribution in [3.63, 3.8) is 0 Å². The summed E-state index contributed by atoms with van der Waals surface area (Å²) in [6.45, 7) is 1.61. The van der Waals surface area contributed by atoms with Crippen molar-refractivity contribution in [1.29, 1.82) is 0 Å². The van der Waals surface area contributed by atoms with E-state index in [9.17, 15) is 29.4 Å². The van der Waals surface area contributed by atoms with Gasteiger partial charge in [0.05, 0.1) is 6.61 Å². The van der Waals surface area contributed by atoms with Gasteiger partial charge in [0.15, 0.2) is 6.23 Å². The first-order valence-electron chi connectivity index (χ1n) is 18.9. The maximum absolute atomic E-state index is 13.0. The van der Waals surface area contributed by atoms with Crippen LogP contribution < -0.4 is 27.2 Å². The standard InChI is InChI=1S/C27H23N2O6P.C9H12N2O6.C4H8O/c30-22-16-23(31)29-26-25-24(21(33-26)17-32-27(29)28-22)34-36(35-25,18-10-4-1-5-11-18,19-12-6-2-7-13-19)20-14-8-3-9-15-20;12-3-4-6(14)7(15)8(17-4)11-2-1-5(13)10-9(11)16;1-2-4-5-3-1/h1-15,21,24-26H,16-17H2;1-2,4,6-8,12,14-15H,3H2,(H,10,13,16);1-4H2/t21-,24-,25-,26-;4-,6-,7-,8-;/m11./s1. The van der Waals surface area contributed by atoms with E-state index in [2.05, 4.69) is 4.99 Å². The quantitative estimate of drug-likeness (QED) is 0.154. The van der Waals surface area contributed by atoms with Gasteiger partial charge in [-0.3, -0.25) is 14.3 Å². The van der Waals surface area contributed by atoms with Gasteiger partial charge in [-0.2, -0.15) is 0 Å². The number of aliphatic imine (C=N–C) groups is 1. The largest absolute Gasteiger partial charge is 0.394 e. The molecule has 8 atom stereocenters. The normalized spacial score (nSPS) is 30.8. The van der Waals surface area contributed by atoms with E-state index in [1.165, 1.54) is 17.7 Å². The predicted molar refractivity (Wildman–Crippen MR) is 208 cm³/mol. The van der Waals surface area contributed by atoms with Gasteiger partial charge in [-0.1, -0.05) is 0 Å². The fraction of sp³-hybridized carbons (Fsp3) is 0.375. The Balaban J connectivity index is 0.000000176. The Kier molecular flexibility index (Phi) is 11.3. The van der Waals surface area contributed by atoms with E-state index in [0.29, 0.717) is 0 Å². The van der Waals surface area contributed by atoms with Crippen molar-refractivity contribution >= 4 is 40.8 Å². The summed E-state index contributed by atoms with van der Waals surface area (Å²) in [5.41, 5.74) is -1.33. The molecule has 2 bridgehead atoms. The topological polar surface area (TPSA) is 221 Å². The maximum Gasteiger partial charge on any atom is 0.330 e. The number of nitrogens with zero attached hydrogens (tertiary/aromatic N) is 3. The second-order valence-corrected chi connectivity index (χ2v) is 18.2. The number of H-pyrrole nitrogens is 1. The SMILES string of the molecule is C1CCOC1.O=C1CC(=O)N2C(=N1)OC[C@H]1O[C@@H]2[C@@H]2OP(c3ccccc3)(c3ccccc3)(c3ccccc3)O[C@@H]21.O=c1ccn([C@@H]2O[C@H](CO)[C@@H](O)[C@H]2O)c(=O)[nH]1. The molecule has 2 amide bonds. The van der Waals surface area contributed by atoms with Gasteiger partial charge in [0.25, 0.3) is 5.56 Å². The molecule has 0 unspecified atom stereocenters. The Morgan fingerprint density at radius 3 is 1.84 bits per heavy atom. The molecule has 0 radical (unpaired) electrons. The minimum absolute atomic E-state index is 0.0304. The Morgan fingerprint density at radius 1 is 0.741 bits per heavy atom. The van der Waals surface area contributed by atoms with Crippen LogP contribution in [0.3, 0.4) is 0 Å². The average molecular weight is 819 g/mol. The van der Waals surface area contributed by atoms with Crippen LogP contribution >= 0.6 is 7.06 Å². The molecular formula is C40H43N4O13P. The number of nitrogens with one attached hydrogen (secondary N) is 1. The molecule has 4 aromatic rings. The zero-order valence-corrected chi connectivity index (χ0v) is 32.0. The van der Waals surface area contributed by atoms with Crippen LogP contribution in [-0.2, 0) is 37.6 Å². The molecule has 1 aromatic heterocycles. The average Bonchev–Trinajstić information content (AvgIpc) is 4.03. The van der Waals surface area contributed by atoms with Crippen molar-refractivity contribution in [2.75, 3.05) is 26.4 Å². The number of benzene rings is 3. The third-order valence-corrected chi connectivity index (χ3v) is 15.7. The van der Waals surface area contributed by atoms with Crippen LogP contribution in [0.5, 0.6) is 0 Å². The van der Waals surface area contributed by atoms with Gasteiger partial charge >= 0.3 is 213 Å². The van der Waals surface area contributed by atoms with Crippen molar-refractivity contribution in [1.82, 2.24) is 14.5 Å².